The molecule has 0 aliphatic carbocycles. The highest BCUT2D eigenvalue weighted by atomic mass is 32.2. The highest BCUT2D eigenvalue weighted by Crippen LogP contribution is 2.29. The zero-order valence-electron chi connectivity index (χ0n) is 15.3. The van der Waals surface area contributed by atoms with E-state index in [9.17, 15) is 18.0 Å². The van der Waals surface area contributed by atoms with Crippen molar-refractivity contribution in [3.63, 3.8) is 0 Å². The first kappa shape index (κ1) is 20.4. The molecule has 0 spiro atoms. The fourth-order valence-corrected chi connectivity index (χ4v) is 3.03. The number of esters is 2. The summed E-state index contributed by atoms with van der Waals surface area (Å²) in [5.41, 5.74) is 0.402. The van der Waals surface area contributed by atoms with E-state index < -0.39 is 22.0 Å². The molecule has 0 atom stereocenters. The molecule has 0 N–H and O–H groups in total. The minimum Gasteiger partial charge on any atom is -0.493 e. The van der Waals surface area contributed by atoms with Crippen molar-refractivity contribution < 1.29 is 32.2 Å². The van der Waals surface area contributed by atoms with Gasteiger partial charge in [-0.1, -0.05) is 0 Å². The van der Waals surface area contributed by atoms with Gasteiger partial charge >= 0.3 is 11.9 Å². The maximum atomic E-state index is 12.3. The van der Waals surface area contributed by atoms with Gasteiger partial charge in [-0.2, -0.15) is 0 Å². The van der Waals surface area contributed by atoms with Gasteiger partial charge in [0, 0.05) is 14.1 Å². The summed E-state index contributed by atoms with van der Waals surface area (Å²) in [7, 11) is 1.87. The summed E-state index contributed by atoms with van der Waals surface area (Å²) < 4.78 is 40.2. The van der Waals surface area contributed by atoms with Crippen LogP contribution in [-0.2, 0) is 14.8 Å². The molecule has 0 saturated heterocycles. The van der Waals surface area contributed by atoms with E-state index in [0.717, 1.165) is 4.31 Å². The van der Waals surface area contributed by atoms with Gasteiger partial charge in [0.05, 0.1) is 30.2 Å². The van der Waals surface area contributed by atoms with Crippen LogP contribution in [0, 0.1) is 0 Å². The average Bonchev–Trinajstić information content (AvgIpc) is 2.67. The van der Waals surface area contributed by atoms with Crippen molar-refractivity contribution in [1.29, 1.82) is 0 Å². The van der Waals surface area contributed by atoms with Gasteiger partial charge in [0.2, 0.25) is 10.0 Å². The molecule has 8 nitrogen and oxygen atoms in total. The van der Waals surface area contributed by atoms with Crippen LogP contribution < -0.4 is 9.47 Å². The van der Waals surface area contributed by atoms with Crippen molar-refractivity contribution in [2.45, 2.75) is 4.90 Å². The summed E-state index contributed by atoms with van der Waals surface area (Å²) in [4.78, 5) is 23.9. The number of hydrogen-bond donors (Lipinski definition) is 0. The summed E-state index contributed by atoms with van der Waals surface area (Å²) in [6.45, 7) is 0. The van der Waals surface area contributed by atoms with Crippen LogP contribution >= 0.6 is 0 Å². The maximum Gasteiger partial charge on any atom is 0.343 e. The summed E-state index contributed by atoms with van der Waals surface area (Å²) >= 11 is 0. The molecule has 2 aromatic rings. The number of sulfonamides is 1. The zero-order valence-corrected chi connectivity index (χ0v) is 16.1. The number of hydrogen-bond acceptors (Lipinski definition) is 7. The number of nitrogens with zero attached hydrogens (tertiary/aromatic N) is 1. The Bertz CT molecular complexity index is 950. The van der Waals surface area contributed by atoms with Gasteiger partial charge in [-0.25, -0.2) is 22.3 Å². The first-order valence-electron chi connectivity index (χ1n) is 7.72. The molecular weight excluding hydrogens is 374 g/mol. The van der Waals surface area contributed by atoms with Gasteiger partial charge < -0.3 is 14.2 Å². The number of benzene rings is 2. The second-order valence-electron chi connectivity index (χ2n) is 5.56. The highest BCUT2D eigenvalue weighted by Gasteiger charge is 2.19. The van der Waals surface area contributed by atoms with E-state index in [0.29, 0.717) is 0 Å². The Morgan fingerprint density at radius 2 is 1.44 bits per heavy atom. The molecule has 0 saturated carbocycles. The molecule has 0 heterocycles. The molecule has 27 heavy (non-hydrogen) atoms. The van der Waals surface area contributed by atoms with Crippen LogP contribution in [0.3, 0.4) is 0 Å². The lowest BCUT2D eigenvalue weighted by Gasteiger charge is -2.12. The topological polar surface area (TPSA) is 99.2 Å². The average molecular weight is 393 g/mol. The molecule has 144 valence electrons. The molecule has 0 fully saturated rings. The fourth-order valence-electron chi connectivity index (χ4n) is 2.13. The molecule has 0 unspecified atom stereocenters. The number of ether oxygens (including phenoxy) is 3. The van der Waals surface area contributed by atoms with Crippen molar-refractivity contribution >= 4 is 22.0 Å². The molecular formula is C18H19NO7S. The van der Waals surface area contributed by atoms with E-state index >= 15 is 0 Å². The van der Waals surface area contributed by atoms with Gasteiger partial charge in [0.15, 0.2) is 11.5 Å². The van der Waals surface area contributed by atoms with Crippen molar-refractivity contribution in [2.24, 2.45) is 0 Å². The molecule has 0 amide bonds. The third-order valence-corrected chi connectivity index (χ3v) is 5.49. The van der Waals surface area contributed by atoms with Crippen LogP contribution in [0.15, 0.2) is 47.4 Å². The molecule has 0 aliphatic rings. The van der Waals surface area contributed by atoms with E-state index in [2.05, 4.69) is 4.74 Å². The Kier molecular flexibility index (Phi) is 6.19. The number of carbonyl (C=O) groups is 2. The molecule has 0 radical (unpaired) electrons. The monoisotopic (exact) mass is 393 g/mol. The largest absolute Gasteiger partial charge is 0.493 e. The van der Waals surface area contributed by atoms with Gasteiger partial charge in [-0.3, -0.25) is 0 Å². The maximum absolute atomic E-state index is 12.3. The Hall–Kier alpha value is -2.91. The van der Waals surface area contributed by atoms with E-state index in [-0.39, 0.29) is 27.5 Å². The normalized spacial score (nSPS) is 11.1. The predicted octanol–water partition coefficient (Wildman–Crippen LogP) is 1.95. The van der Waals surface area contributed by atoms with Crippen molar-refractivity contribution in [3.8, 4) is 11.5 Å². The highest BCUT2D eigenvalue weighted by molar-refractivity contribution is 7.89. The van der Waals surface area contributed by atoms with E-state index in [1.165, 1.54) is 70.8 Å². The third-order valence-electron chi connectivity index (χ3n) is 3.66. The van der Waals surface area contributed by atoms with Gasteiger partial charge in [0.25, 0.3) is 0 Å². The Balaban J connectivity index is 2.24. The summed E-state index contributed by atoms with van der Waals surface area (Å²) in [6, 6.07) is 9.59. The van der Waals surface area contributed by atoms with Crippen molar-refractivity contribution in [1.82, 2.24) is 4.31 Å². The quantitative estimate of drug-likeness (QED) is 0.546. The first-order valence-corrected chi connectivity index (χ1v) is 9.16. The predicted molar refractivity (Wildman–Crippen MR) is 96.6 cm³/mol. The molecule has 2 aromatic carbocycles. The van der Waals surface area contributed by atoms with Gasteiger partial charge in [0.1, 0.15) is 0 Å². The summed E-state index contributed by atoms with van der Waals surface area (Å²) in [6.07, 6.45) is 0. The van der Waals surface area contributed by atoms with Crippen LogP contribution in [0.4, 0.5) is 0 Å². The van der Waals surface area contributed by atoms with E-state index in [4.69, 9.17) is 9.47 Å². The second kappa shape index (κ2) is 8.19. The smallest absolute Gasteiger partial charge is 0.343 e. The van der Waals surface area contributed by atoms with Gasteiger partial charge in [-0.15, -0.1) is 0 Å². The fraction of sp³-hybridized carbons (Fsp3) is 0.222. The van der Waals surface area contributed by atoms with Crippen LogP contribution in [0.5, 0.6) is 11.5 Å². The Morgan fingerprint density at radius 3 is 1.96 bits per heavy atom. The summed E-state index contributed by atoms with van der Waals surface area (Å²) in [5, 5.41) is 0. The molecule has 9 heteroatoms. The minimum absolute atomic E-state index is 0.0593. The van der Waals surface area contributed by atoms with Gasteiger partial charge in [-0.05, 0) is 42.5 Å². The number of carbonyl (C=O) groups excluding carboxylic acids is 2. The van der Waals surface area contributed by atoms with E-state index in [1.807, 2.05) is 0 Å². The van der Waals surface area contributed by atoms with Crippen molar-refractivity contribution in [2.75, 3.05) is 28.3 Å². The molecule has 0 aliphatic heterocycles. The third kappa shape index (κ3) is 4.44. The standard InChI is InChI=1S/C18H19NO7S/c1-19(2)27(22,23)14-8-5-12(6-9-14)18(21)26-15-10-7-13(17(20)25-4)11-16(15)24-3/h5-11H,1-4H3. The number of methoxy groups -OCH3 is 2. The first-order chi connectivity index (χ1) is 12.7. The molecule has 0 aromatic heterocycles. The molecule has 2 rings (SSSR count). The van der Waals surface area contributed by atoms with Crippen molar-refractivity contribution in [3.05, 3.63) is 53.6 Å². The van der Waals surface area contributed by atoms with E-state index in [1.54, 1.807) is 0 Å². The number of rotatable bonds is 6. The van der Waals surface area contributed by atoms with Crippen LogP contribution in [0.2, 0.25) is 0 Å². The Morgan fingerprint density at radius 1 is 0.852 bits per heavy atom. The SMILES string of the molecule is COC(=O)c1ccc(OC(=O)c2ccc(S(=O)(=O)N(C)C)cc2)c(OC)c1. The van der Waals surface area contributed by atoms with Crippen LogP contribution in [-0.4, -0.2) is 53.0 Å². The van der Waals surface area contributed by atoms with Crippen LogP contribution in [0.25, 0.3) is 0 Å². The zero-order chi connectivity index (χ0) is 20.2. The second-order valence-corrected chi connectivity index (χ2v) is 7.71. The van der Waals surface area contributed by atoms with Crippen LogP contribution in [0.1, 0.15) is 20.7 Å². The lowest BCUT2D eigenvalue weighted by Crippen LogP contribution is -2.22. The Labute approximate surface area is 157 Å². The lowest BCUT2D eigenvalue weighted by atomic mass is 10.2. The molecule has 0 bridgehead atoms. The summed E-state index contributed by atoms with van der Waals surface area (Å²) in [5.74, 6) is -0.963. The minimum atomic E-state index is -3.59. The lowest BCUT2D eigenvalue weighted by molar-refractivity contribution is 0.0600.